The summed E-state index contributed by atoms with van der Waals surface area (Å²) >= 11 is 1.52. The summed E-state index contributed by atoms with van der Waals surface area (Å²) in [6.07, 6.45) is -4.14. The topological polar surface area (TPSA) is 12.0 Å². The first-order chi connectivity index (χ1) is 6.38. The van der Waals surface area contributed by atoms with Gasteiger partial charge in [-0.05, 0) is 26.0 Å². The molecule has 1 unspecified atom stereocenters. The van der Waals surface area contributed by atoms with Crippen LogP contribution < -0.4 is 5.32 Å². The fourth-order valence-electron chi connectivity index (χ4n) is 1.06. The Hall–Kier alpha value is -0.550. The van der Waals surface area contributed by atoms with Crippen molar-refractivity contribution in [2.75, 3.05) is 6.54 Å². The summed E-state index contributed by atoms with van der Waals surface area (Å²) < 4.78 is 35.6. The zero-order valence-corrected chi connectivity index (χ0v) is 8.80. The predicted octanol–water partition coefficient (Wildman–Crippen LogP) is 3.27. The third kappa shape index (κ3) is 3.67. The minimum Gasteiger partial charge on any atom is -0.301 e. The molecule has 80 valence electrons. The highest BCUT2D eigenvalue weighted by Gasteiger charge is 2.27. The summed E-state index contributed by atoms with van der Waals surface area (Å²) in [5.41, 5.74) is 0. The second-order valence-electron chi connectivity index (χ2n) is 3.17. The van der Waals surface area contributed by atoms with Gasteiger partial charge in [0.05, 0.1) is 6.54 Å². The zero-order chi connectivity index (χ0) is 10.8. The molecule has 0 aliphatic rings. The van der Waals surface area contributed by atoms with Gasteiger partial charge in [0.25, 0.3) is 0 Å². The lowest BCUT2D eigenvalue weighted by molar-refractivity contribution is -0.126. The van der Waals surface area contributed by atoms with Gasteiger partial charge in [-0.1, -0.05) is 0 Å². The molecule has 0 radical (unpaired) electrons. The van der Waals surface area contributed by atoms with Crippen molar-refractivity contribution in [2.45, 2.75) is 26.1 Å². The second kappa shape index (κ2) is 4.31. The standard InChI is InChI=1S/C9H12F3NS/c1-6-3-4-8(14-6)7(2)13-5-9(10,11)12/h3-4,7,13H,5H2,1-2H3. The second-order valence-corrected chi connectivity index (χ2v) is 4.49. The Morgan fingerprint density at radius 3 is 2.50 bits per heavy atom. The van der Waals surface area contributed by atoms with E-state index in [4.69, 9.17) is 0 Å². The molecule has 1 heterocycles. The van der Waals surface area contributed by atoms with E-state index in [9.17, 15) is 13.2 Å². The van der Waals surface area contributed by atoms with Crippen LogP contribution in [0.1, 0.15) is 22.7 Å². The van der Waals surface area contributed by atoms with E-state index in [1.54, 1.807) is 6.92 Å². The average Bonchev–Trinajstić information content (AvgIpc) is 2.46. The molecule has 5 heteroatoms. The Morgan fingerprint density at radius 1 is 1.43 bits per heavy atom. The van der Waals surface area contributed by atoms with E-state index >= 15 is 0 Å². The van der Waals surface area contributed by atoms with Crippen LogP contribution in [0.15, 0.2) is 12.1 Å². The molecule has 0 fully saturated rings. The van der Waals surface area contributed by atoms with Gasteiger partial charge in [-0.3, -0.25) is 0 Å². The van der Waals surface area contributed by atoms with Crippen molar-refractivity contribution < 1.29 is 13.2 Å². The van der Waals surface area contributed by atoms with Crippen LogP contribution in [0.3, 0.4) is 0 Å². The third-order valence-electron chi connectivity index (χ3n) is 1.80. The molecule has 0 amide bonds. The van der Waals surface area contributed by atoms with Crippen molar-refractivity contribution in [3.05, 3.63) is 21.9 Å². The van der Waals surface area contributed by atoms with Crippen LogP contribution in [0.2, 0.25) is 0 Å². The normalized spacial score (nSPS) is 14.4. The summed E-state index contributed by atoms with van der Waals surface area (Å²) in [5, 5.41) is 2.44. The first-order valence-electron chi connectivity index (χ1n) is 4.25. The minimum atomic E-state index is -4.14. The van der Waals surface area contributed by atoms with Crippen LogP contribution in [0.25, 0.3) is 0 Å². The number of hydrogen-bond donors (Lipinski definition) is 1. The predicted molar refractivity (Wildman–Crippen MR) is 51.5 cm³/mol. The Morgan fingerprint density at radius 2 is 2.07 bits per heavy atom. The van der Waals surface area contributed by atoms with Gasteiger partial charge < -0.3 is 5.32 Å². The van der Waals surface area contributed by atoms with E-state index in [2.05, 4.69) is 5.32 Å². The molecule has 0 spiro atoms. The molecular weight excluding hydrogens is 211 g/mol. The molecule has 0 aromatic carbocycles. The number of nitrogens with one attached hydrogen (secondary N) is 1. The van der Waals surface area contributed by atoms with E-state index in [1.807, 2.05) is 19.1 Å². The molecule has 1 N–H and O–H groups in total. The molecule has 0 aliphatic carbocycles. The van der Waals surface area contributed by atoms with Gasteiger partial charge in [0.1, 0.15) is 0 Å². The molecule has 0 saturated heterocycles. The summed E-state index contributed by atoms with van der Waals surface area (Å²) in [4.78, 5) is 2.05. The molecular formula is C9H12F3NS. The van der Waals surface area contributed by atoms with Crippen molar-refractivity contribution in [1.29, 1.82) is 0 Å². The molecule has 14 heavy (non-hydrogen) atoms. The Bertz CT molecular complexity index is 292. The van der Waals surface area contributed by atoms with E-state index in [1.165, 1.54) is 11.3 Å². The number of thiophene rings is 1. The van der Waals surface area contributed by atoms with Gasteiger partial charge in [0, 0.05) is 15.8 Å². The smallest absolute Gasteiger partial charge is 0.301 e. The Kier molecular flexibility index (Phi) is 3.55. The van der Waals surface area contributed by atoms with Gasteiger partial charge in [0.2, 0.25) is 0 Å². The van der Waals surface area contributed by atoms with Gasteiger partial charge in [-0.15, -0.1) is 11.3 Å². The quantitative estimate of drug-likeness (QED) is 0.829. The highest BCUT2D eigenvalue weighted by atomic mass is 32.1. The van der Waals surface area contributed by atoms with Gasteiger partial charge >= 0.3 is 6.18 Å². The largest absolute Gasteiger partial charge is 0.401 e. The Labute approximate surface area is 84.9 Å². The number of hydrogen-bond acceptors (Lipinski definition) is 2. The zero-order valence-electron chi connectivity index (χ0n) is 7.98. The highest BCUT2D eigenvalue weighted by molar-refractivity contribution is 7.12. The fourth-order valence-corrected chi connectivity index (χ4v) is 1.96. The van der Waals surface area contributed by atoms with Crippen LogP contribution >= 0.6 is 11.3 Å². The monoisotopic (exact) mass is 223 g/mol. The third-order valence-corrected chi connectivity index (χ3v) is 2.98. The Balaban J connectivity index is 2.47. The molecule has 1 aromatic rings. The van der Waals surface area contributed by atoms with E-state index in [0.29, 0.717) is 0 Å². The minimum absolute atomic E-state index is 0.240. The lowest BCUT2D eigenvalue weighted by Gasteiger charge is -2.13. The summed E-state index contributed by atoms with van der Waals surface area (Å²) in [6.45, 7) is 2.73. The van der Waals surface area contributed by atoms with Crippen LogP contribution in [0.5, 0.6) is 0 Å². The van der Waals surface area contributed by atoms with Crippen LogP contribution in [0.4, 0.5) is 13.2 Å². The van der Waals surface area contributed by atoms with Crippen molar-refractivity contribution in [1.82, 2.24) is 5.32 Å². The lowest BCUT2D eigenvalue weighted by atomic mass is 10.3. The SMILES string of the molecule is Cc1ccc(C(C)NCC(F)(F)F)s1. The van der Waals surface area contributed by atoms with Crippen LogP contribution in [-0.2, 0) is 0 Å². The van der Waals surface area contributed by atoms with E-state index in [0.717, 1.165) is 9.75 Å². The molecule has 1 nitrogen and oxygen atoms in total. The van der Waals surface area contributed by atoms with Gasteiger partial charge in [0.15, 0.2) is 0 Å². The summed E-state index contributed by atoms with van der Waals surface area (Å²) in [7, 11) is 0. The number of alkyl halides is 3. The van der Waals surface area contributed by atoms with Crippen LogP contribution in [-0.4, -0.2) is 12.7 Å². The fraction of sp³-hybridized carbons (Fsp3) is 0.556. The first kappa shape index (κ1) is 11.5. The molecule has 0 bridgehead atoms. The highest BCUT2D eigenvalue weighted by Crippen LogP contribution is 2.23. The number of halogens is 3. The molecule has 1 atom stereocenters. The van der Waals surface area contributed by atoms with Crippen LogP contribution in [0, 0.1) is 6.92 Å². The number of rotatable bonds is 3. The maximum Gasteiger partial charge on any atom is 0.401 e. The maximum atomic E-state index is 11.9. The van der Waals surface area contributed by atoms with E-state index in [-0.39, 0.29) is 6.04 Å². The maximum absolute atomic E-state index is 11.9. The van der Waals surface area contributed by atoms with Crippen molar-refractivity contribution in [2.24, 2.45) is 0 Å². The van der Waals surface area contributed by atoms with Crippen molar-refractivity contribution >= 4 is 11.3 Å². The summed E-state index contributed by atoms with van der Waals surface area (Å²) in [6, 6.07) is 3.52. The molecule has 0 saturated carbocycles. The van der Waals surface area contributed by atoms with Gasteiger partial charge in [-0.2, -0.15) is 13.2 Å². The summed E-state index contributed by atoms with van der Waals surface area (Å²) in [5.74, 6) is 0. The van der Waals surface area contributed by atoms with Gasteiger partial charge in [-0.25, -0.2) is 0 Å². The van der Waals surface area contributed by atoms with Crippen molar-refractivity contribution in [3.63, 3.8) is 0 Å². The molecule has 1 rings (SSSR count). The lowest BCUT2D eigenvalue weighted by Crippen LogP contribution is -2.30. The molecule has 1 aromatic heterocycles. The van der Waals surface area contributed by atoms with Crippen molar-refractivity contribution in [3.8, 4) is 0 Å². The molecule has 0 aliphatic heterocycles. The first-order valence-corrected chi connectivity index (χ1v) is 5.06. The van der Waals surface area contributed by atoms with E-state index < -0.39 is 12.7 Å². The average molecular weight is 223 g/mol. The number of aryl methyl sites for hydroxylation is 1.